The first-order chi connectivity index (χ1) is 8.61. The summed E-state index contributed by atoms with van der Waals surface area (Å²) in [5, 5.41) is 38.9. The van der Waals surface area contributed by atoms with Gasteiger partial charge in [-0.2, -0.15) is 0 Å². The summed E-state index contributed by atoms with van der Waals surface area (Å²) in [6, 6.07) is 0. The molecule has 112 valence electrons. The van der Waals surface area contributed by atoms with Crippen LogP contribution in [0.25, 0.3) is 0 Å². The molecular weight excluding hydrogens is 333 g/mol. The Kier molecular flexibility index (Phi) is 12.1. The molecule has 6 atom stereocenters. The third-order valence-electron chi connectivity index (χ3n) is 2.58. The summed E-state index contributed by atoms with van der Waals surface area (Å²) >= 11 is 0. The topological polar surface area (TPSA) is 180 Å². The third kappa shape index (κ3) is 8.18. The van der Waals surface area contributed by atoms with E-state index >= 15 is 0 Å². The zero-order valence-corrected chi connectivity index (χ0v) is 16.4. The predicted octanol–water partition coefficient (Wildman–Crippen LogP) is -10.5. The van der Waals surface area contributed by atoms with E-state index in [9.17, 15) is 34.7 Å². The molecule has 0 aromatic carbocycles. The minimum absolute atomic E-state index is 0. The molecular formula is C8H13Na2O10P. The summed E-state index contributed by atoms with van der Waals surface area (Å²) in [7, 11) is -5.06. The molecule has 1 aliphatic rings. The van der Waals surface area contributed by atoms with Crippen LogP contribution in [0.2, 0.25) is 0 Å². The Labute approximate surface area is 164 Å². The second-order valence-corrected chi connectivity index (χ2v) is 5.22. The van der Waals surface area contributed by atoms with E-state index in [0.717, 1.165) is 0 Å². The van der Waals surface area contributed by atoms with Crippen LogP contribution in [0.5, 0.6) is 0 Å². The Bertz CT molecular complexity index is 376. The smallest absolute Gasteiger partial charge is 0.756 e. The van der Waals surface area contributed by atoms with Crippen molar-refractivity contribution < 1.29 is 108 Å². The maximum absolute atomic E-state index is 10.4. The Morgan fingerprint density at radius 3 is 2.05 bits per heavy atom. The molecule has 1 saturated heterocycles. The fourth-order valence-corrected chi connectivity index (χ4v) is 2.00. The van der Waals surface area contributed by atoms with E-state index in [4.69, 9.17) is 9.63 Å². The normalized spacial score (nSPS) is 35.0. The van der Waals surface area contributed by atoms with Crippen LogP contribution in [0.4, 0.5) is 0 Å². The molecule has 21 heavy (non-hydrogen) atoms. The van der Waals surface area contributed by atoms with Gasteiger partial charge in [-0.3, -0.25) is 4.57 Å². The van der Waals surface area contributed by atoms with Crippen LogP contribution in [0.1, 0.15) is 6.42 Å². The van der Waals surface area contributed by atoms with E-state index in [1.54, 1.807) is 0 Å². The maximum atomic E-state index is 10.4. The van der Waals surface area contributed by atoms with E-state index in [2.05, 4.69) is 4.52 Å². The number of hydrogen-bond acceptors (Lipinski definition) is 9. The number of aliphatic carboxylic acids is 1. The van der Waals surface area contributed by atoms with Crippen molar-refractivity contribution >= 4 is 13.8 Å². The number of aliphatic hydroxyl groups excluding tert-OH is 3. The number of rotatable bonds is 5. The van der Waals surface area contributed by atoms with Crippen LogP contribution in [-0.2, 0) is 18.6 Å². The van der Waals surface area contributed by atoms with Crippen molar-refractivity contribution in [3.05, 3.63) is 0 Å². The Hall–Kier alpha value is 1.42. The van der Waals surface area contributed by atoms with Gasteiger partial charge in [0.25, 0.3) is 7.82 Å². The largest absolute Gasteiger partial charge is 1.00 e. The molecule has 0 aromatic rings. The fraction of sp³-hybridized carbons (Fsp3) is 0.875. The van der Waals surface area contributed by atoms with Crippen LogP contribution in [0.3, 0.4) is 0 Å². The zero-order valence-electron chi connectivity index (χ0n) is 11.5. The van der Waals surface area contributed by atoms with Gasteiger partial charge < -0.3 is 44.3 Å². The van der Waals surface area contributed by atoms with Crippen molar-refractivity contribution in [3.63, 3.8) is 0 Å². The van der Waals surface area contributed by atoms with Gasteiger partial charge in [0.2, 0.25) is 0 Å². The van der Waals surface area contributed by atoms with Gasteiger partial charge in [-0.05, 0) is 0 Å². The molecule has 0 spiro atoms. The zero-order chi connectivity index (χ0) is 14.8. The molecule has 0 bridgehead atoms. The minimum atomic E-state index is -5.06. The first-order valence-corrected chi connectivity index (χ1v) is 6.69. The third-order valence-corrected chi connectivity index (χ3v) is 3.06. The molecule has 1 aliphatic heterocycles. The van der Waals surface area contributed by atoms with Gasteiger partial charge in [-0.1, -0.05) is 0 Å². The number of carboxylic acids is 1. The van der Waals surface area contributed by atoms with Gasteiger partial charge in [0.05, 0.1) is 12.7 Å². The number of carbonyl (C=O) groups is 1. The molecule has 0 amide bonds. The minimum Gasteiger partial charge on any atom is -0.756 e. The van der Waals surface area contributed by atoms with Crippen LogP contribution < -0.4 is 69.1 Å². The second kappa shape index (κ2) is 10.3. The first kappa shape index (κ1) is 24.7. The van der Waals surface area contributed by atoms with E-state index in [0.29, 0.717) is 0 Å². The van der Waals surface area contributed by atoms with Crippen molar-refractivity contribution in [2.45, 2.75) is 36.9 Å². The van der Waals surface area contributed by atoms with E-state index in [-0.39, 0.29) is 59.1 Å². The summed E-state index contributed by atoms with van der Waals surface area (Å²) in [4.78, 5) is 29.2. The number of carboxylic acid groups (broad SMARTS) is 1. The summed E-state index contributed by atoms with van der Waals surface area (Å²) in [5.41, 5.74) is 0. The van der Waals surface area contributed by atoms with Crippen LogP contribution in [-0.4, -0.2) is 63.3 Å². The first-order valence-electron chi connectivity index (χ1n) is 5.19. The molecule has 6 unspecified atom stereocenters. The molecule has 0 radical (unpaired) electrons. The second-order valence-electron chi connectivity index (χ2n) is 4.03. The van der Waals surface area contributed by atoms with Gasteiger partial charge in [0.15, 0.2) is 0 Å². The standard InChI is InChI=1S/C8H15O10P.2Na/c9-5(10)1-3-6(11)8(13)7(12)4(18-3)2-17-19(14,15)16;;/h3-4,6-8,11-13H,1-2H2,(H,9,10)(H2,14,15,16);;/q;2*+1/p-2. The SMILES string of the molecule is O=C([O-])CC1OC(COP(=O)([O-])O)C(O)C(O)C1O.[Na+].[Na+]. The Morgan fingerprint density at radius 2 is 1.62 bits per heavy atom. The maximum Gasteiger partial charge on any atom is 1.00 e. The van der Waals surface area contributed by atoms with E-state index < -0.39 is 57.3 Å². The fourth-order valence-electron chi connectivity index (χ4n) is 1.67. The molecule has 0 aromatic heterocycles. The molecule has 1 rings (SSSR count). The van der Waals surface area contributed by atoms with Crippen molar-refractivity contribution in [2.24, 2.45) is 0 Å². The molecule has 13 heteroatoms. The predicted molar refractivity (Wildman–Crippen MR) is 52.1 cm³/mol. The van der Waals surface area contributed by atoms with Crippen LogP contribution in [0, 0.1) is 0 Å². The van der Waals surface area contributed by atoms with Gasteiger partial charge >= 0.3 is 59.1 Å². The van der Waals surface area contributed by atoms with Crippen LogP contribution in [0.15, 0.2) is 0 Å². The average Bonchev–Trinajstić information content (AvgIpc) is 2.26. The Morgan fingerprint density at radius 1 is 1.14 bits per heavy atom. The number of ether oxygens (including phenoxy) is 1. The molecule has 1 fully saturated rings. The number of hydrogen-bond donors (Lipinski definition) is 4. The Balaban J connectivity index is 0. The van der Waals surface area contributed by atoms with Crippen molar-refractivity contribution in [2.75, 3.05) is 6.61 Å². The quantitative estimate of drug-likeness (QED) is 0.276. The van der Waals surface area contributed by atoms with Crippen LogP contribution >= 0.6 is 7.82 Å². The van der Waals surface area contributed by atoms with Crippen molar-refractivity contribution in [3.8, 4) is 0 Å². The molecule has 10 nitrogen and oxygen atoms in total. The molecule has 4 N–H and O–H groups in total. The number of aliphatic hydroxyl groups is 3. The molecule has 1 heterocycles. The van der Waals surface area contributed by atoms with E-state index in [1.165, 1.54) is 0 Å². The number of carbonyl (C=O) groups excluding carboxylic acids is 1. The number of phosphoric ester groups is 1. The average molecular weight is 346 g/mol. The molecule has 0 aliphatic carbocycles. The van der Waals surface area contributed by atoms with Gasteiger partial charge in [-0.25, -0.2) is 0 Å². The van der Waals surface area contributed by atoms with Crippen molar-refractivity contribution in [1.82, 2.24) is 0 Å². The summed E-state index contributed by atoms with van der Waals surface area (Å²) in [6.45, 7) is -0.841. The van der Waals surface area contributed by atoms with E-state index in [1.807, 2.05) is 0 Å². The summed E-state index contributed by atoms with van der Waals surface area (Å²) in [5.74, 6) is -1.57. The summed E-state index contributed by atoms with van der Waals surface area (Å²) < 4.78 is 19.3. The monoisotopic (exact) mass is 346 g/mol. The summed E-state index contributed by atoms with van der Waals surface area (Å²) in [6.07, 6.45) is -8.75. The van der Waals surface area contributed by atoms with Gasteiger partial charge in [-0.15, -0.1) is 0 Å². The van der Waals surface area contributed by atoms with Gasteiger partial charge in [0, 0.05) is 12.4 Å². The van der Waals surface area contributed by atoms with Gasteiger partial charge in [0.1, 0.15) is 24.4 Å². The molecule has 0 saturated carbocycles. The van der Waals surface area contributed by atoms with Crippen molar-refractivity contribution in [1.29, 1.82) is 0 Å². The number of phosphoric acid groups is 1.